The Morgan fingerprint density at radius 3 is 1.60 bits per heavy atom. The van der Waals surface area contributed by atoms with Gasteiger partial charge in [-0.25, -0.2) is 0 Å². The first-order valence-electron chi connectivity index (χ1n) is 16.0. The fraction of sp³-hybridized carbons (Fsp3) is 0. The van der Waals surface area contributed by atoms with Gasteiger partial charge >= 0.3 is 0 Å². The van der Waals surface area contributed by atoms with Crippen LogP contribution in [-0.2, 0) is 0 Å². The van der Waals surface area contributed by atoms with Gasteiger partial charge in [0.2, 0.25) is 0 Å². The third kappa shape index (κ3) is 4.72. The van der Waals surface area contributed by atoms with Crippen LogP contribution in [0.3, 0.4) is 0 Å². The first kappa shape index (κ1) is 29.0. The highest BCUT2D eigenvalue weighted by molar-refractivity contribution is 7.19. The predicted molar refractivity (Wildman–Crippen MR) is 199 cm³/mol. The van der Waals surface area contributed by atoms with E-state index in [2.05, 4.69) is 162 Å². The summed E-state index contributed by atoms with van der Waals surface area (Å²) < 4.78 is 2.27. The van der Waals surface area contributed by atoms with Crippen LogP contribution in [0.15, 0.2) is 176 Å². The molecule has 0 aliphatic heterocycles. The minimum absolute atomic E-state index is 0.633. The van der Waals surface area contributed by atoms with Gasteiger partial charge in [-0.3, -0.25) is 0 Å². The summed E-state index contributed by atoms with van der Waals surface area (Å²) in [6.45, 7) is 0. The molecule has 0 radical (unpaired) electrons. The van der Waals surface area contributed by atoms with Gasteiger partial charge in [0.05, 0.1) is 34.3 Å². The van der Waals surface area contributed by atoms with E-state index < -0.39 is 8.07 Å². The highest BCUT2D eigenvalue weighted by atomic mass is 28.3. The minimum Gasteiger partial charge on any atom is -0.309 e. The molecule has 0 saturated heterocycles. The van der Waals surface area contributed by atoms with E-state index in [1.54, 1.807) is 0 Å². The van der Waals surface area contributed by atoms with Gasteiger partial charge in [0.1, 0.15) is 0 Å². The summed E-state index contributed by atoms with van der Waals surface area (Å²) in [5, 5.41) is 27.2. The van der Waals surface area contributed by atoms with E-state index >= 15 is 0 Å². The number of nitriles is 2. The van der Waals surface area contributed by atoms with E-state index in [4.69, 9.17) is 0 Å². The van der Waals surface area contributed by atoms with E-state index in [1.165, 1.54) is 15.6 Å². The molecular weight excluding hydrogens is 599 g/mol. The number of hydrogen-bond acceptors (Lipinski definition) is 2. The molecule has 0 spiro atoms. The van der Waals surface area contributed by atoms with Crippen LogP contribution in [0.25, 0.3) is 38.6 Å². The lowest BCUT2D eigenvalue weighted by atomic mass is 10.0. The van der Waals surface area contributed by atoms with E-state index in [0.717, 1.165) is 43.8 Å². The second-order valence-corrected chi connectivity index (χ2v) is 15.8. The summed E-state index contributed by atoms with van der Waals surface area (Å²) in [5.74, 6) is 0. The average molecular weight is 628 g/mol. The SMILES string of the molecule is N#Cc1cc(-c2cccc(-n3c4ccccc4c4cc(C#N)ccc43)c2)cc([Si](c2ccccc2)(c2ccccc2)c2ccccc2)c1. The highest BCUT2D eigenvalue weighted by Gasteiger charge is 2.41. The van der Waals surface area contributed by atoms with E-state index in [-0.39, 0.29) is 0 Å². The Balaban J connectivity index is 1.38. The Morgan fingerprint density at radius 1 is 0.396 bits per heavy atom. The smallest absolute Gasteiger partial charge is 0.179 e. The van der Waals surface area contributed by atoms with Crippen molar-refractivity contribution in [2.75, 3.05) is 0 Å². The van der Waals surface area contributed by atoms with Gasteiger partial charge in [0, 0.05) is 16.5 Å². The zero-order chi connectivity index (χ0) is 32.5. The zero-order valence-corrected chi connectivity index (χ0v) is 27.1. The summed E-state index contributed by atoms with van der Waals surface area (Å²) in [6, 6.07) is 66.3. The number of benzene rings is 7. The molecule has 1 heterocycles. The maximum atomic E-state index is 10.4. The topological polar surface area (TPSA) is 52.5 Å². The van der Waals surface area contributed by atoms with Crippen LogP contribution in [0.5, 0.6) is 0 Å². The minimum atomic E-state index is -2.84. The largest absolute Gasteiger partial charge is 0.309 e. The lowest BCUT2D eigenvalue weighted by Crippen LogP contribution is -2.74. The first-order valence-corrected chi connectivity index (χ1v) is 18.0. The van der Waals surface area contributed by atoms with Crippen LogP contribution < -0.4 is 20.7 Å². The molecule has 0 aliphatic rings. The summed E-state index contributed by atoms with van der Waals surface area (Å²) in [7, 11) is -2.84. The maximum absolute atomic E-state index is 10.4. The quantitative estimate of drug-likeness (QED) is 0.141. The lowest BCUT2D eigenvalue weighted by molar-refractivity contribution is 1.18. The van der Waals surface area contributed by atoms with Crippen molar-refractivity contribution in [3.05, 3.63) is 187 Å². The summed E-state index contributed by atoms with van der Waals surface area (Å²) >= 11 is 0. The first-order chi connectivity index (χ1) is 23.7. The lowest BCUT2D eigenvalue weighted by Gasteiger charge is -2.34. The molecule has 4 heteroatoms. The van der Waals surface area contributed by atoms with Crippen LogP contribution in [0, 0.1) is 22.7 Å². The highest BCUT2D eigenvalue weighted by Crippen LogP contribution is 2.34. The molecule has 0 amide bonds. The second kappa shape index (κ2) is 12.0. The second-order valence-electron chi connectivity index (χ2n) is 12.0. The Bertz CT molecular complexity index is 2430. The van der Waals surface area contributed by atoms with E-state index in [0.29, 0.717) is 11.1 Å². The van der Waals surface area contributed by atoms with Gasteiger partial charge in [-0.05, 0) is 80.4 Å². The van der Waals surface area contributed by atoms with Crippen molar-refractivity contribution in [1.29, 1.82) is 10.5 Å². The third-order valence-electron chi connectivity index (χ3n) is 9.35. The maximum Gasteiger partial charge on any atom is 0.179 e. The molecule has 0 bridgehead atoms. The molecule has 1 aromatic heterocycles. The monoisotopic (exact) mass is 627 g/mol. The number of para-hydroxylation sites is 1. The fourth-order valence-corrected chi connectivity index (χ4v) is 12.1. The average Bonchev–Trinajstić information content (AvgIpc) is 3.50. The van der Waals surface area contributed by atoms with Gasteiger partial charge < -0.3 is 4.57 Å². The fourth-order valence-electron chi connectivity index (χ4n) is 7.28. The van der Waals surface area contributed by atoms with Crippen molar-refractivity contribution in [3.8, 4) is 29.0 Å². The van der Waals surface area contributed by atoms with Crippen molar-refractivity contribution < 1.29 is 0 Å². The molecule has 0 saturated carbocycles. The summed E-state index contributed by atoms with van der Waals surface area (Å²) in [4.78, 5) is 0. The van der Waals surface area contributed by atoms with Crippen molar-refractivity contribution in [1.82, 2.24) is 4.57 Å². The van der Waals surface area contributed by atoms with Crippen molar-refractivity contribution in [2.24, 2.45) is 0 Å². The van der Waals surface area contributed by atoms with Crippen LogP contribution in [0.1, 0.15) is 11.1 Å². The molecule has 7 aromatic carbocycles. The number of hydrogen-bond donors (Lipinski definition) is 0. The molecule has 8 rings (SSSR count). The van der Waals surface area contributed by atoms with E-state index in [1.807, 2.05) is 30.3 Å². The molecule has 224 valence electrons. The number of fused-ring (bicyclic) bond motifs is 3. The predicted octanol–water partition coefficient (Wildman–Crippen LogP) is 7.57. The van der Waals surface area contributed by atoms with Gasteiger partial charge in [-0.1, -0.05) is 127 Å². The van der Waals surface area contributed by atoms with Crippen molar-refractivity contribution >= 4 is 50.6 Å². The molecule has 48 heavy (non-hydrogen) atoms. The summed E-state index contributed by atoms with van der Waals surface area (Å²) in [6.07, 6.45) is 0. The molecule has 0 unspecified atom stereocenters. The Labute approximate surface area is 280 Å². The van der Waals surface area contributed by atoms with Crippen LogP contribution in [0.4, 0.5) is 0 Å². The van der Waals surface area contributed by atoms with Gasteiger partial charge in [-0.15, -0.1) is 0 Å². The van der Waals surface area contributed by atoms with Crippen LogP contribution >= 0.6 is 0 Å². The summed E-state index contributed by atoms with van der Waals surface area (Å²) in [5.41, 5.74) is 6.44. The standard InChI is InChI=1S/C44H29N3Si/c45-30-32-23-24-44-42(27-32)41-21-10-11-22-43(41)47(44)36-14-12-13-34(28-36)35-25-33(31-46)26-40(29-35)48(37-15-4-1-5-16-37,38-17-6-2-7-18-38)39-19-8-3-9-20-39/h1-29H. The number of rotatable bonds is 6. The zero-order valence-electron chi connectivity index (χ0n) is 26.1. The van der Waals surface area contributed by atoms with Crippen molar-refractivity contribution in [2.45, 2.75) is 0 Å². The molecular formula is C44H29N3Si. The number of aromatic nitrogens is 1. The molecule has 0 atom stereocenters. The third-order valence-corrected chi connectivity index (χ3v) is 14.1. The normalized spacial score (nSPS) is 11.3. The molecule has 8 aromatic rings. The van der Waals surface area contributed by atoms with Gasteiger partial charge in [-0.2, -0.15) is 10.5 Å². The molecule has 3 nitrogen and oxygen atoms in total. The van der Waals surface area contributed by atoms with Crippen LogP contribution in [0.2, 0.25) is 0 Å². The molecule has 0 N–H and O–H groups in total. The van der Waals surface area contributed by atoms with Gasteiger partial charge in [0.15, 0.2) is 8.07 Å². The van der Waals surface area contributed by atoms with Gasteiger partial charge in [0.25, 0.3) is 0 Å². The van der Waals surface area contributed by atoms with E-state index in [9.17, 15) is 10.5 Å². The van der Waals surface area contributed by atoms with Crippen molar-refractivity contribution in [3.63, 3.8) is 0 Å². The Kier molecular flexibility index (Phi) is 7.27. The van der Waals surface area contributed by atoms with Crippen LogP contribution in [-0.4, -0.2) is 12.6 Å². The Morgan fingerprint density at radius 2 is 0.979 bits per heavy atom. The molecule has 0 fully saturated rings. The Hall–Kier alpha value is -6.46. The number of nitrogens with zero attached hydrogens (tertiary/aromatic N) is 3. The molecule has 0 aliphatic carbocycles.